The van der Waals surface area contributed by atoms with Crippen LogP contribution in [0.4, 0.5) is 37.7 Å². The number of carbonyl (C=O) groups excluding carboxylic acids is 4. The standard InChI is InChI=1S/C45H31Cl2F6N3O6/c1-62-27-10-7-22(8-11-27)43-33(40(59)56(42(43)61)54-35-15-9-25(46)19-34(35)47)20-32-29(37(43)31-12-6-21-4-2-3-5-28(21)38(31)57)13-14-30-36(32)41(60)55(39(30)58)26-17-23(44(48,49)50)16-24(18-26)45(51,52)53/h2-13,15-19,30,32-33,36-37,54,57H,14,20H2,1H3/t30-,32+,33-,36-,37+,43+/m0/s1. The second-order valence-electron chi connectivity index (χ2n) is 15.7. The lowest BCUT2D eigenvalue weighted by atomic mass is 9.49. The molecule has 5 aromatic rings. The van der Waals surface area contributed by atoms with Gasteiger partial charge in [0.2, 0.25) is 11.8 Å². The van der Waals surface area contributed by atoms with Crippen LogP contribution in [0.1, 0.15) is 41.0 Å². The first-order valence-electron chi connectivity index (χ1n) is 19.2. The summed E-state index contributed by atoms with van der Waals surface area (Å²) >= 11 is 12.7. The molecule has 1 saturated carbocycles. The van der Waals surface area contributed by atoms with Crippen molar-refractivity contribution in [3.05, 3.63) is 141 Å². The Morgan fingerprint density at radius 3 is 2.11 bits per heavy atom. The molecule has 2 saturated heterocycles. The van der Waals surface area contributed by atoms with Crippen LogP contribution < -0.4 is 15.1 Å². The van der Waals surface area contributed by atoms with Crippen LogP contribution in [0.5, 0.6) is 11.5 Å². The zero-order valence-electron chi connectivity index (χ0n) is 32.0. The van der Waals surface area contributed by atoms with Gasteiger partial charge >= 0.3 is 12.4 Å². The Labute approximate surface area is 358 Å². The number of phenols is 1. The first-order valence-corrected chi connectivity index (χ1v) is 19.9. The highest BCUT2D eigenvalue weighted by atomic mass is 35.5. The van der Waals surface area contributed by atoms with Gasteiger partial charge in [-0.2, -0.15) is 31.4 Å². The normalized spacial score (nSPS) is 24.9. The molecule has 17 heteroatoms. The number of aromatic hydroxyl groups is 1. The molecule has 9 rings (SSSR count). The number of benzene rings is 5. The van der Waals surface area contributed by atoms with Gasteiger partial charge in [-0.25, -0.2) is 4.90 Å². The average Bonchev–Trinajstić information content (AvgIpc) is 3.62. The van der Waals surface area contributed by atoms with Crippen molar-refractivity contribution in [3.8, 4) is 11.5 Å². The Balaban J connectivity index is 1.25. The Bertz CT molecular complexity index is 2750. The third kappa shape index (κ3) is 6.22. The Morgan fingerprint density at radius 1 is 0.790 bits per heavy atom. The third-order valence-corrected chi connectivity index (χ3v) is 13.2. The predicted molar refractivity (Wildman–Crippen MR) is 215 cm³/mol. The second-order valence-corrected chi connectivity index (χ2v) is 16.6. The molecule has 9 nitrogen and oxygen atoms in total. The number of rotatable bonds is 6. The summed E-state index contributed by atoms with van der Waals surface area (Å²) < 4.78 is 89.5. The van der Waals surface area contributed by atoms with Gasteiger partial charge in [-0.3, -0.25) is 24.6 Å². The summed E-state index contributed by atoms with van der Waals surface area (Å²) in [5.41, 5.74) is -2.34. The summed E-state index contributed by atoms with van der Waals surface area (Å²) in [4.78, 5) is 59.9. The molecule has 6 atom stereocenters. The highest BCUT2D eigenvalue weighted by Crippen LogP contribution is 2.65. The average molecular weight is 895 g/mol. The number of amides is 4. The summed E-state index contributed by atoms with van der Waals surface area (Å²) in [6.45, 7) is 0. The zero-order chi connectivity index (χ0) is 44.2. The number of nitrogens with one attached hydrogen (secondary N) is 1. The number of ether oxygens (including phenoxy) is 1. The predicted octanol–water partition coefficient (Wildman–Crippen LogP) is 10.1. The maximum Gasteiger partial charge on any atom is 0.416 e. The number of phenolic OH excluding ortho intramolecular Hbond substituents is 1. The van der Waals surface area contributed by atoms with Crippen molar-refractivity contribution in [3.63, 3.8) is 0 Å². The number of fused-ring (bicyclic) bond motifs is 5. The lowest BCUT2D eigenvalue weighted by Crippen LogP contribution is -2.53. The van der Waals surface area contributed by atoms with Gasteiger partial charge in [-0.1, -0.05) is 83.4 Å². The lowest BCUT2D eigenvalue weighted by molar-refractivity contribution is -0.143. The summed E-state index contributed by atoms with van der Waals surface area (Å²) in [5.74, 6) is -9.76. The highest BCUT2D eigenvalue weighted by molar-refractivity contribution is 6.36. The first kappa shape index (κ1) is 41.3. The molecule has 0 bridgehead atoms. The minimum Gasteiger partial charge on any atom is -0.507 e. The van der Waals surface area contributed by atoms with E-state index in [9.17, 15) is 41.0 Å². The molecule has 0 unspecified atom stereocenters. The number of alkyl halides is 6. The number of nitrogens with zero attached hydrogens (tertiary/aromatic N) is 2. The SMILES string of the molecule is COc1ccc([C@@]23C(=O)N(Nc4ccc(Cl)cc4Cl)C(=O)[C@@H]2C[C@@H]2C(=CC[C@@H]4C(=O)N(c5cc(C(F)(F)F)cc(C(F)(F)F)c5)C(=O)[C@@H]42)[C@@H]3c2ccc3ccccc3c2O)cc1. The van der Waals surface area contributed by atoms with E-state index in [-0.39, 0.29) is 46.0 Å². The van der Waals surface area contributed by atoms with Crippen LogP contribution in [-0.2, 0) is 36.9 Å². The van der Waals surface area contributed by atoms with Crippen molar-refractivity contribution in [2.45, 2.75) is 36.5 Å². The Morgan fingerprint density at radius 2 is 1.47 bits per heavy atom. The van der Waals surface area contributed by atoms with Crippen LogP contribution >= 0.6 is 23.2 Å². The number of hydrogen-bond donors (Lipinski definition) is 2. The molecule has 4 aliphatic rings. The minimum atomic E-state index is -5.27. The monoisotopic (exact) mass is 893 g/mol. The van der Waals surface area contributed by atoms with Crippen molar-refractivity contribution >= 4 is 69.0 Å². The number of hydrogen-bond acceptors (Lipinski definition) is 7. The van der Waals surface area contributed by atoms with E-state index in [4.69, 9.17) is 27.9 Å². The molecule has 4 amide bonds. The molecule has 2 aliphatic heterocycles. The Kier molecular flexibility index (Phi) is 9.67. The van der Waals surface area contributed by atoms with Crippen LogP contribution in [0.25, 0.3) is 10.8 Å². The molecule has 0 spiro atoms. The smallest absolute Gasteiger partial charge is 0.416 e. The van der Waals surface area contributed by atoms with Crippen molar-refractivity contribution in [2.75, 3.05) is 17.4 Å². The number of anilines is 2. The maximum atomic E-state index is 15.6. The molecule has 2 aliphatic carbocycles. The number of methoxy groups -OCH3 is 1. The molecular weight excluding hydrogens is 863 g/mol. The van der Waals surface area contributed by atoms with E-state index in [1.165, 1.54) is 25.3 Å². The number of imide groups is 2. The van der Waals surface area contributed by atoms with Gasteiger partial charge in [0.1, 0.15) is 11.5 Å². The van der Waals surface area contributed by atoms with Crippen molar-refractivity contribution in [2.24, 2.45) is 23.7 Å². The first-order chi connectivity index (χ1) is 29.4. The largest absolute Gasteiger partial charge is 0.507 e. The van der Waals surface area contributed by atoms with Crippen LogP contribution in [0.3, 0.4) is 0 Å². The highest BCUT2D eigenvalue weighted by Gasteiger charge is 2.71. The number of halogens is 8. The summed E-state index contributed by atoms with van der Waals surface area (Å²) in [6.07, 6.45) is -9.37. The van der Waals surface area contributed by atoms with E-state index in [2.05, 4.69) is 5.43 Å². The van der Waals surface area contributed by atoms with Crippen LogP contribution in [0.2, 0.25) is 10.0 Å². The fourth-order valence-corrected chi connectivity index (χ4v) is 10.5. The fraction of sp³-hybridized carbons (Fsp3) is 0.244. The van der Waals surface area contributed by atoms with Crippen molar-refractivity contribution < 1.29 is 55.4 Å². The van der Waals surface area contributed by atoms with E-state index in [1.807, 2.05) is 0 Å². The molecule has 62 heavy (non-hydrogen) atoms. The maximum absolute atomic E-state index is 15.6. The molecule has 2 N–H and O–H groups in total. The van der Waals surface area contributed by atoms with E-state index in [0.29, 0.717) is 44.7 Å². The van der Waals surface area contributed by atoms with Gasteiger partial charge < -0.3 is 9.84 Å². The molecule has 0 radical (unpaired) electrons. The summed E-state index contributed by atoms with van der Waals surface area (Å²) in [6, 6.07) is 21.5. The summed E-state index contributed by atoms with van der Waals surface area (Å²) in [5, 5.41) is 14.4. The van der Waals surface area contributed by atoms with Gasteiger partial charge in [0, 0.05) is 21.9 Å². The zero-order valence-corrected chi connectivity index (χ0v) is 33.5. The minimum absolute atomic E-state index is 0.0628. The second kappa shape index (κ2) is 14.5. The molecule has 0 aromatic heterocycles. The van der Waals surface area contributed by atoms with Crippen molar-refractivity contribution in [1.82, 2.24) is 5.01 Å². The number of allylic oxidation sites excluding steroid dienone is 2. The van der Waals surface area contributed by atoms with Crippen LogP contribution in [0.15, 0.2) is 109 Å². The molecule has 318 valence electrons. The molecular formula is C45H31Cl2F6N3O6. The van der Waals surface area contributed by atoms with Gasteiger partial charge in [0.15, 0.2) is 0 Å². The van der Waals surface area contributed by atoms with Gasteiger partial charge in [-0.15, -0.1) is 0 Å². The van der Waals surface area contributed by atoms with E-state index in [0.717, 1.165) is 5.01 Å². The molecule has 2 heterocycles. The van der Waals surface area contributed by atoms with Crippen LogP contribution in [0, 0.1) is 23.7 Å². The third-order valence-electron chi connectivity index (χ3n) is 12.7. The van der Waals surface area contributed by atoms with Gasteiger partial charge in [0.05, 0.1) is 57.8 Å². The topological polar surface area (TPSA) is 116 Å². The van der Waals surface area contributed by atoms with E-state index in [1.54, 1.807) is 66.7 Å². The molecule has 3 fully saturated rings. The quantitative estimate of drug-likeness (QED) is 0.0991. The van der Waals surface area contributed by atoms with Gasteiger partial charge in [0.25, 0.3) is 11.8 Å². The van der Waals surface area contributed by atoms with Crippen LogP contribution in [-0.4, -0.2) is 40.9 Å². The molecule has 5 aromatic carbocycles. The lowest BCUT2D eigenvalue weighted by Gasteiger charge is -2.50. The van der Waals surface area contributed by atoms with Gasteiger partial charge in [-0.05, 0) is 78.2 Å². The van der Waals surface area contributed by atoms with Crippen molar-refractivity contribution in [1.29, 1.82) is 0 Å². The number of hydrazine groups is 1. The van der Waals surface area contributed by atoms with E-state index < -0.39 is 87.8 Å². The summed E-state index contributed by atoms with van der Waals surface area (Å²) in [7, 11) is 1.44. The number of carbonyl (C=O) groups is 4. The van der Waals surface area contributed by atoms with E-state index >= 15 is 9.59 Å². The Hall–Kier alpha value is -6.06. The fourth-order valence-electron chi connectivity index (χ4n) is 10.0.